The van der Waals surface area contributed by atoms with Gasteiger partial charge in [0, 0.05) is 6.54 Å². The molecule has 0 bridgehead atoms. The average Bonchev–Trinajstić information content (AvgIpc) is 2.93. The van der Waals surface area contributed by atoms with E-state index in [-0.39, 0.29) is 23.0 Å². The Balaban J connectivity index is 0.00000116. The molecular weight excluding hydrogens is 319 g/mol. The Morgan fingerprint density at radius 2 is 1.95 bits per heavy atom. The van der Waals surface area contributed by atoms with Crippen LogP contribution in [0.5, 0.6) is 5.75 Å². The maximum Gasteiger partial charge on any atom is 0.435 e. The van der Waals surface area contributed by atoms with Crippen LogP contribution in [0.4, 0.5) is 13.2 Å². The van der Waals surface area contributed by atoms with Crippen LogP contribution in [0.15, 0.2) is 24.3 Å². The number of nitrogens with two attached hydrogens (primary N) is 1. The number of hydrogen-bond acceptors (Lipinski definition) is 3. The van der Waals surface area contributed by atoms with E-state index in [4.69, 9.17) is 22.1 Å². The second-order valence-electron chi connectivity index (χ2n) is 3.93. The van der Waals surface area contributed by atoms with Gasteiger partial charge in [-0.3, -0.25) is 0 Å². The van der Waals surface area contributed by atoms with Gasteiger partial charge in [-0.25, -0.2) is 4.68 Å². The molecule has 1 aromatic heterocycles. The third-order valence-corrected chi connectivity index (χ3v) is 2.96. The summed E-state index contributed by atoms with van der Waals surface area (Å²) < 4.78 is 44.4. The Kier molecular flexibility index (Phi) is 6.25. The molecule has 4 nitrogen and oxygen atoms in total. The molecule has 1 aromatic carbocycles. The first-order valence-corrected chi connectivity index (χ1v) is 6.95. The maximum atomic E-state index is 12.7. The van der Waals surface area contributed by atoms with Gasteiger partial charge in [-0.15, -0.1) is 0 Å². The van der Waals surface area contributed by atoms with Crippen LogP contribution in [0, 0.1) is 0 Å². The fourth-order valence-electron chi connectivity index (χ4n) is 1.78. The molecule has 0 aliphatic carbocycles. The van der Waals surface area contributed by atoms with E-state index in [9.17, 15) is 13.2 Å². The van der Waals surface area contributed by atoms with Crippen molar-refractivity contribution in [3.63, 3.8) is 0 Å². The summed E-state index contributed by atoms with van der Waals surface area (Å²) in [6, 6.07) is 5.62. The first-order valence-electron chi connectivity index (χ1n) is 6.57. The number of halogens is 4. The van der Waals surface area contributed by atoms with Crippen LogP contribution >= 0.6 is 11.6 Å². The van der Waals surface area contributed by atoms with E-state index in [0.29, 0.717) is 5.69 Å². The third-order valence-electron chi connectivity index (χ3n) is 2.66. The van der Waals surface area contributed by atoms with Crippen LogP contribution in [-0.2, 0) is 12.7 Å². The lowest BCUT2D eigenvalue weighted by Crippen LogP contribution is -2.10. The van der Waals surface area contributed by atoms with Crippen LogP contribution in [0.3, 0.4) is 0 Å². The lowest BCUT2D eigenvalue weighted by Gasteiger charge is -2.12. The highest BCUT2D eigenvalue weighted by molar-refractivity contribution is 6.32. The topological polar surface area (TPSA) is 53.1 Å². The monoisotopic (exact) mass is 335 g/mol. The maximum absolute atomic E-state index is 12.7. The molecule has 0 unspecified atom stereocenters. The van der Waals surface area contributed by atoms with E-state index in [0.717, 1.165) is 10.7 Å². The predicted molar refractivity (Wildman–Crippen MR) is 79.4 cm³/mol. The van der Waals surface area contributed by atoms with Gasteiger partial charge < -0.3 is 10.5 Å². The number of ether oxygens (including phenoxy) is 1. The minimum Gasteiger partial charge on any atom is -0.493 e. The molecule has 22 heavy (non-hydrogen) atoms. The quantitative estimate of drug-likeness (QED) is 0.921. The molecular formula is C14H17ClF3N3O. The molecule has 0 radical (unpaired) electrons. The minimum atomic E-state index is -4.54. The van der Waals surface area contributed by atoms with Gasteiger partial charge in [0.15, 0.2) is 11.4 Å². The van der Waals surface area contributed by atoms with Crippen molar-refractivity contribution in [2.24, 2.45) is 5.73 Å². The molecule has 2 N–H and O–H groups in total. The summed E-state index contributed by atoms with van der Waals surface area (Å²) in [7, 11) is 1.38. The molecule has 0 spiro atoms. The molecule has 0 atom stereocenters. The van der Waals surface area contributed by atoms with Crippen LogP contribution in [-0.4, -0.2) is 16.9 Å². The Bertz CT molecular complexity index is 626. The highest BCUT2D eigenvalue weighted by atomic mass is 35.5. The van der Waals surface area contributed by atoms with E-state index in [1.807, 2.05) is 13.8 Å². The number of methoxy groups -OCH3 is 1. The summed E-state index contributed by atoms with van der Waals surface area (Å²) in [6.45, 7) is 3.90. The zero-order chi connectivity index (χ0) is 16.9. The van der Waals surface area contributed by atoms with Gasteiger partial charge in [0.1, 0.15) is 5.69 Å². The standard InChI is InChI=1S/C12H11ClF3N3O.C2H6/c1-20-11-8(13)3-2-4-9(11)19-7(6-17)5-10(18-19)12(14,15)16;1-2/h2-5H,6,17H2,1H3;1-2H3. The number of aromatic nitrogens is 2. The molecule has 8 heteroatoms. The molecule has 2 rings (SSSR count). The van der Waals surface area contributed by atoms with Crippen LogP contribution in [0.2, 0.25) is 5.02 Å². The van der Waals surface area contributed by atoms with Gasteiger partial charge in [0.2, 0.25) is 0 Å². The van der Waals surface area contributed by atoms with Gasteiger partial charge in [-0.1, -0.05) is 31.5 Å². The van der Waals surface area contributed by atoms with Crippen molar-refractivity contribution in [1.29, 1.82) is 0 Å². The lowest BCUT2D eigenvalue weighted by atomic mass is 10.2. The number of para-hydroxylation sites is 1. The Labute approximate surface area is 131 Å². The number of rotatable bonds is 3. The van der Waals surface area contributed by atoms with Gasteiger partial charge in [0.05, 0.1) is 17.8 Å². The van der Waals surface area contributed by atoms with E-state index >= 15 is 0 Å². The molecule has 2 aromatic rings. The number of nitrogens with zero attached hydrogens (tertiary/aromatic N) is 2. The third kappa shape index (κ3) is 3.72. The zero-order valence-electron chi connectivity index (χ0n) is 12.4. The first-order chi connectivity index (χ1) is 10.4. The molecule has 0 saturated carbocycles. The van der Waals surface area contributed by atoms with Crippen LogP contribution in [0.25, 0.3) is 5.69 Å². The Morgan fingerprint density at radius 3 is 2.45 bits per heavy atom. The minimum absolute atomic E-state index is 0.0985. The van der Waals surface area contributed by atoms with E-state index in [1.54, 1.807) is 18.2 Å². The van der Waals surface area contributed by atoms with Crippen molar-refractivity contribution in [3.05, 3.63) is 40.7 Å². The normalized spacial score (nSPS) is 10.9. The van der Waals surface area contributed by atoms with E-state index < -0.39 is 11.9 Å². The summed E-state index contributed by atoms with van der Waals surface area (Å²) in [6.07, 6.45) is -4.54. The van der Waals surface area contributed by atoms with Gasteiger partial charge in [0.25, 0.3) is 0 Å². The fraction of sp³-hybridized carbons (Fsp3) is 0.357. The highest BCUT2D eigenvalue weighted by Crippen LogP contribution is 2.34. The molecule has 0 aliphatic rings. The molecule has 0 saturated heterocycles. The summed E-state index contributed by atoms with van der Waals surface area (Å²) in [5.41, 5.74) is 4.97. The second kappa shape index (κ2) is 7.51. The lowest BCUT2D eigenvalue weighted by molar-refractivity contribution is -0.141. The van der Waals surface area contributed by atoms with Gasteiger partial charge in [-0.2, -0.15) is 18.3 Å². The Hall–Kier alpha value is -1.73. The molecule has 122 valence electrons. The largest absolute Gasteiger partial charge is 0.493 e. The van der Waals surface area contributed by atoms with Crippen molar-refractivity contribution in [3.8, 4) is 11.4 Å². The summed E-state index contributed by atoms with van der Waals surface area (Å²) in [5, 5.41) is 3.82. The first kappa shape index (κ1) is 18.3. The highest BCUT2D eigenvalue weighted by Gasteiger charge is 2.35. The fourth-order valence-corrected chi connectivity index (χ4v) is 2.03. The predicted octanol–water partition coefficient (Wildman–Crippen LogP) is 4.04. The number of benzene rings is 1. The smallest absolute Gasteiger partial charge is 0.435 e. The molecule has 0 aliphatic heterocycles. The molecule has 0 fully saturated rings. The number of alkyl halides is 3. The van der Waals surface area contributed by atoms with Crippen molar-refractivity contribution < 1.29 is 17.9 Å². The Morgan fingerprint density at radius 1 is 1.32 bits per heavy atom. The van der Waals surface area contributed by atoms with Gasteiger partial charge in [-0.05, 0) is 18.2 Å². The summed E-state index contributed by atoms with van der Waals surface area (Å²) in [4.78, 5) is 0. The van der Waals surface area contributed by atoms with Crippen molar-refractivity contribution in [1.82, 2.24) is 9.78 Å². The van der Waals surface area contributed by atoms with Crippen molar-refractivity contribution >= 4 is 11.6 Å². The second-order valence-corrected chi connectivity index (χ2v) is 4.33. The van der Waals surface area contributed by atoms with Crippen LogP contribution in [0.1, 0.15) is 25.2 Å². The summed E-state index contributed by atoms with van der Waals surface area (Å²) in [5.74, 6) is 0.237. The zero-order valence-corrected chi connectivity index (χ0v) is 13.2. The SMILES string of the molecule is CC.COc1c(Cl)cccc1-n1nc(C(F)(F)F)cc1CN. The summed E-state index contributed by atoms with van der Waals surface area (Å²) >= 11 is 5.95. The van der Waals surface area contributed by atoms with E-state index in [1.165, 1.54) is 7.11 Å². The molecule has 1 heterocycles. The van der Waals surface area contributed by atoms with Crippen molar-refractivity contribution in [2.75, 3.05) is 7.11 Å². The van der Waals surface area contributed by atoms with Crippen LogP contribution < -0.4 is 10.5 Å². The van der Waals surface area contributed by atoms with E-state index in [2.05, 4.69) is 5.10 Å². The van der Waals surface area contributed by atoms with Gasteiger partial charge >= 0.3 is 6.18 Å². The van der Waals surface area contributed by atoms with Crippen molar-refractivity contribution in [2.45, 2.75) is 26.6 Å². The molecule has 0 amide bonds. The number of hydrogen-bond donors (Lipinski definition) is 1. The average molecular weight is 336 g/mol.